The van der Waals surface area contributed by atoms with Gasteiger partial charge in [0.25, 0.3) is 10.0 Å². The number of aromatic nitrogens is 8. The smallest absolute Gasteiger partial charge is 0.265 e. The molecule has 260 valence electrons. The van der Waals surface area contributed by atoms with E-state index in [0.717, 1.165) is 16.8 Å². The number of fused-ring (bicyclic) bond motifs is 2. The van der Waals surface area contributed by atoms with Crippen LogP contribution in [0.2, 0.25) is 0 Å². The third-order valence-electron chi connectivity index (χ3n) is 8.02. The highest BCUT2D eigenvalue weighted by Gasteiger charge is 2.26. The Hall–Kier alpha value is -5.35. The summed E-state index contributed by atoms with van der Waals surface area (Å²) in [6.07, 6.45) is 3.65. The molecule has 15 nitrogen and oxygen atoms in total. The minimum absolute atomic E-state index is 0.0352. The summed E-state index contributed by atoms with van der Waals surface area (Å²) in [6, 6.07) is 14.4. The monoisotopic (exact) mass is 717 g/mol. The molecule has 0 aliphatic carbocycles. The number of amides is 1. The van der Waals surface area contributed by atoms with E-state index in [9.17, 15) is 13.2 Å². The first-order chi connectivity index (χ1) is 23.8. The molecule has 0 aliphatic rings. The number of carbonyl (C=O) groups is 1. The number of benzene rings is 2. The van der Waals surface area contributed by atoms with E-state index in [2.05, 4.69) is 25.0 Å². The highest BCUT2D eigenvalue weighted by molar-refractivity contribution is 7.91. The second-order valence-corrected chi connectivity index (χ2v) is 14.5. The van der Waals surface area contributed by atoms with Crippen LogP contribution in [-0.4, -0.2) is 54.7 Å². The number of nitrogens with two attached hydrogens (primary N) is 2. The first kappa shape index (κ1) is 34.5. The summed E-state index contributed by atoms with van der Waals surface area (Å²) in [6.45, 7) is 7.98. The fourth-order valence-corrected chi connectivity index (χ4v) is 6.95. The zero-order valence-corrected chi connectivity index (χ0v) is 29.6. The molecule has 1 amide bonds. The predicted molar refractivity (Wildman–Crippen MR) is 193 cm³/mol. The predicted octanol–water partition coefficient (Wildman–Crippen LogP) is 3.94. The maximum absolute atomic E-state index is 13.4. The summed E-state index contributed by atoms with van der Waals surface area (Å²) in [5.74, 6) is -0.387. The lowest BCUT2D eigenvalue weighted by Crippen LogP contribution is -2.43. The molecule has 0 saturated heterocycles. The molecule has 0 atom stereocenters. The van der Waals surface area contributed by atoms with Crippen molar-refractivity contribution in [1.29, 1.82) is 0 Å². The van der Waals surface area contributed by atoms with Crippen molar-refractivity contribution >= 4 is 72.6 Å². The van der Waals surface area contributed by atoms with E-state index in [1.807, 2.05) is 62.7 Å². The number of nitrogens with one attached hydrogen (secondary N) is 2. The van der Waals surface area contributed by atoms with Gasteiger partial charge in [0, 0.05) is 30.3 Å². The molecule has 0 radical (unpaired) electrons. The molecule has 0 aliphatic heterocycles. The fourth-order valence-electron chi connectivity index (χ4n) is 5.75. The molecule has 4 heterocycles. The molecule has 0 unspecified atom stereocenters. The Bertz CT molecular complexity index is 2320. The summed E-state index contributed by atoms with van der Waals surface area (Å²) >= 11 is 5.65. The SMILES string of the molecule is CC(C)n1nc(Cc2ccc(NS(=O)(=O)C[n+]3cnc4c(c(Cc5cccc(NC(=O)CCl)c5)nn4C(C)C)c3N)cc2)c2c(N)ncnc21. The van der Waals surface area contributed by atoms with Crippen LogP contribution in [0, 0.1) is 0 Å². The lowest BCUT2D eigenvalue weighted by Gasteiger charge is -2.10. The molecule has 4 aromatic heterocycles. The van der Waals surface area contributed by atoms with Gasteiger partial charge in [0.15, 0.2) is 11.5 Å². The number of nitrogens with zero attached hydrogens (tertiary/aromatic N) is 8. The topological polar surface area (TPSA) is 206 Å². The van der Waals surface area contributed by atoms with Gasteiger partial charge in [-0.05, 0) is 63.1 Å². The Labute approximate surface area is 293 Å². The fraction of sp³-hybridized carbons (Fsp3) is 0.303. The lowest BCUT2D eigenvalue weighted by atomic mass is 10.1. The van der Waals surface area contributed by atoms with E-state index >= 15 is 0 Å². The van der Waals surface area contributed by atoms with Crippen LogP contribution in [0.4, 0.5) is 23.0 Å². The molecule has 2 aromatic carbocycles. The van der Waals surface area contributed by atoms with Crippen molar-refractivity contribution in [3.63, 3.8) is 0 Å². The van der Waals surface area contributed by atoms with Crippen molar-refractivity contribution in [2.75, 3.05) is 27.4 Å². The van der Waals surface area contributed by atoms with Crippen LogP contribution in [0.3, 0.4) is 0 Å². The van der Waals surface area contributed by atoms with Crippen molar-refractivity contribution in [1.82, 2.24) is 34.5 Å². The van der Waals surface area contributed by atoms with E-state index in [-0.39, 0.29) is 29.7 Å². The van der Waals surface area contributed by atoms with Gasteiger partial charge in [0.1, 0.15) is 23.4 Å². The zero-order valence-electron chi connectivity index (χ0n) is 28.0. The molecule has 0 spiro atoms. The van der Waals surface area contributed by atoms with Crippen LogP contribution in [0.5, 0.6) is 0 Å². The second-order valence-electron chi connectivity index (χ2n) is 12.5. The molecule has 0 saturated carbocycles. The highest BCUT2D eigenvalue weighted by atomic mass is 35.5. The van der Waals surface area contributed by atoms with Crippen LogP contribution < -0.4 is 26.1 Å². The second kappa shape index (κ2) is 13.9. The molecule has 6 rings (SSSR count). The molecule has 0 bridgehead atoms. The Balaban J connectivity index is 1.22. The summed E-state index contributed by atoms with van der Waals surface area (Å²) in [5.41, 5.74) is 18.1. The lowest BCUT2D eigenvalue weighted by molar-refractivity contribution is -0.664. The van der Waals surface area contributed by atoms with Gasteiger partial charge >= 0.3 is 0 Å². The summed E-state index contributed by atoms with van der Waals surface area (Å²) < 4.78 is 34.4. The molecule has 6 aromatic rings. The van der Waals surface area contributed by atoms with Gasteiger partial charge in [-0.3, -0.25) is 9.52 Å². The number of nitrogen functional groups attached to an aromatic ring is 2. The molecule has 17 heteroatoms. The number of rotatable bonds is 12. The van der Waals surface area contributed by atoms with Crippen molar-refractivity contribution in [3.8, 4) is 0 Å². The van der Waals surface area contributed by atoms with E-state index < -0.39 is 15.9 Å². The van der Waals surface area contributed by atoms with Crippen molar-refractivity contribution in [2.45, 2.75) is 58.5 Å². The Kier molecular flexibility index (Phi) is 9.58. The van der Waals surface area contributed by atoms with Gasteiger partial charge in [0.2, 0.25) is 23.7 Å². The van der Waals surface area contributed by atoms with E-state index in [1.165, 1.54) is 17.2 Å². The van der Waals surface area contributed by atoms with Crippen LogP contribution in [-0.2, 0) is 33.5 Å². The molecule has 6 N–H and O–H groups in total. The van der Waals surface area contributed by atoms with Gasteiger partial charge in [0.05, 0.1) is 22.8 Å². The Morgan fingerprint density at radius 2 is 1.50 bits per heavy atom. The first-order valence-corrected chi connectivity index (χ1v) is 18.1. The third kappa shape index (κ3) is 7.16. The Morgan fingerprint density at radius 1 is 0.860 bits per heavy atom. The number of hydrogen-bond acceptors (Lipinski definition) is 10. The van der Waals surface area contributed by atoms with Gasteiger partial charge < -0.3 is 16.8 Å². The maximum Gasteiger partial charge on any atom is 0.265 e. The average Bonchev–Trinajstić information content (AvgIpc) is 3.63. The minimum atomic E-state index is -3.93. The molecule has 0 fully saturated rings. The standard InChI is InChI=1S/C33H37ClN12O3S/c1-19(2)45-32-28(30(35)37-16-38-32)25(41-45)13-21-8-10-23(11-9-21)43-50(48,49)18-44-17-39-33-29(31(44)36)26(42-46(33)20(3)4)14-22-6-5-7-24(12-22)40-27(47)15-34/h5-12,16-17,19-20,36,43H,13-15,18H2,1-4H3,(H3,35,37,38,40,41,47)/p+1. The van der Waals surface area contributed by atoms with Gasteiger partial charge in [-0.25, -0.2) is 32.3 Å². The van der Waals surface area contributed by atoms with Gasteiger partial charge in [-0.15, -0.1) is 11.6 Å². The number of hydrogen-bond donors (Lipinski definition) is 4. The Morgan fingerprint density at radius 3 is 2.16 bits per heavy atom. The number of alkyl halides is 1. The van der Waals surface area contributed by atoms with Crippen LogP contribution in [0.25, 0.3) is 22.1 Å². The summed E-state index contributed by atoms with van der Waals surface area (Å²) in [5, 5.41) is 13.5. The minimum Gasteiger partial charge on any atom is -0.383 e. The third-order valence-corrected chi connectivity index (χ3v) is 9.43. The van der Waals surface area contributed by atoms with Crippen LogP contribution >= 0.6 is 11.6 Å². The van der Waals surface area contributed by atoms with E-state index in [1.54, 1.807) is 22.9 Å². The van der Waals surface area contributed by atoms with Crippen molar-refractivity contribution in [3.05, 3.63) is 83.7 Å². The van der Waals surface area contributed by atoms with E-state index in [0.29, 0.717) is 57.8 Å². The van der Waals surface area contributed by atoms with Gasteiger partial charge in [-0.2, -0.15) is 10.2 Å². The first-order valence-electron chi connectivity index (χ1n) is 15.9. The molecular weight excluding hydrogens is 680 g/mol. The van der Waals surface area contributed by atoms with Crippen molar-refractivity contribution in [2.24, 2.45) is 0 Å². The van der Waals surface area contributed by atoms with Crippen LogP contribution in [0.1, 0.15) is 62.3 Å². The zero-order chi connectivity index (χ0) is 35.7. The molecule has 50 heavy (non-hydrogen) atoms. The average molecular weight is 718 g/mol. The summed E-state index contributed by atoms with van der Waals surface area (Å²) in [4.78, 5) is 24.9. The van der Waals surface area contributed by atoms with E-state index in [4.69, 9.17) is 33.3 Å². The van der Waals surface area contributed by atoms with Crippen LogP contribution in [0.15, 0.2) is 61.2 Å². The number of carbonyl (C=O) groups excluding carboxylic acids is 1. The quantitative estimate of drug-likeness (QED) is 0.106. The number of halogens is 1. The summed E-state index contributed by atoms with van der Waals surface area (Å²) in [7, 11) is -3.93. The number of sulfonamides is 1. The maximum atomic E-state index is 13.4. The number of anilines is 4. The highest BCUT2D eigenvalue weighted by Crippen LogP contribution is 2.28. The van der Waals surface area contributed by atoms with Gasteiger partial charge in [-0.1, -0.05) is 29.2 Å². The largest absolute Gasteiger partial charge is 0.383 e. The van der Waals surface area contributed by atoms with Crippen molar-refractivity contribution < 1.29 is 17.8 Å². The normalized spacial score (nSPS) is 12.0. The molecular formula is C33H38ClN12O3S+.